The van der Waals surface area contributed by atoms with E-state index in [1.54, 1.807) is 0 Å². The van der Waals surface area contributed by atoms with Gasteiger partial charge in [-0.3, -0.25) is 0 Å². The Kier molecular flexibility index (Phi) is 7.80. The molecular formula is C4H8O5S3. The van der Waals surface area contributed by atoms with E-state index in [0.29, 0.717) is 0 Å². The van der Waals surface area contributed by atoms with E-state index in [4.69, 9.17) is 20.1 Å². The summed E-state index contributed by atoms with van der Waals surface area (Å²) in [6.07, 6.45) is 0. The van der Waals surface area contributed by atoms with Crippen LogP contribution in [0.25, 0.3) is 0 Å². The summed E-state index contributed by atoms with van der Waals surface area (Å²) in [6, 6.07) is 0. The summed E-state index contributed by atoms with van der Waals surface area (Å²) in [5.41, 5.74) is 0. The number of carboxylic acids is 2. The number of aliphatic hydroxyl groups is 1. The molecule has 0 bridgehead atoms. The minimum atomic E-state index is -1.50. The summed E-state index contributed by atoms with van der Waals surface area (Å²) in [4.78, 5) is 18.9. The van der Waals surface area contributed by atoms with Crippen molar-refractivity contribution in [2.75, 3.05) is 6.61 Å². The summed E-state index contributed by atoms with van der Waals surface area (Å²) < 4.78 is -1.50. The highest BCUT2D eigenvalue weighted by molar-refractivity contribution is 8.18. The molecule has 0 saturated carbocycles. The van der Waals surface area contributed by atoms with Crippen LogP contribution in [0.2, 0.25) is 0 Å². The molecule has 0 atom stereocenters. The monoisotopic (exact) mass is 232 g/mol. The molecule has 8 heteroatoms. The molecular weight excluding hydrogens is 224 g/mol. The molecule has 0 aromatic heterocycles. The van der Waals surface area contributed by atoms with Crippen molar-refractivity contribution in [1.82, 2.24) is 0 Å². The first kappa shape index (κ1) is 14.5. The molecule has 0 saturated heterocycles. The van der Waals surface area contributed by atoms with Crippen molar-refractivity contribution in [3.63, 3.8) is 0 Å². The van der Waals surface area contributed by atoms with Crippen molar-refractivity contribution < 1.29 is 24.9 Å². The molecule has 0 aliphatic rings. The summed E-state index contributed by atoms with van der Waals surface area (Å²) in [5, 5.41) is 23.0. The second-order valence-corrected chi connectivity index (χ2v) is 4.56. The largest absolute Gasteiger partial charge is 0.480 e. The highest BCUT2D eigenvalue weighted by Gasteiger charge is 2.23. The molecule has 0 fully saturated rings. The van der Waals surface area contributed by atoms with E-state index in [9.17, 15) is 4.79 Å². The van der Waals surface area contributed by atoms with Crippen LogP contribution in [0.5, 0.6) is 0 Å². The van der Waals surface area contributed by atoms with Gasteiger partial charge >= 0.3 is 11.9 Å². The lowest BCUT2D eigenvalue weighted by Crippen LogP contribution is -2.17. The van der Waals surface area contributed by atoms with E-state index in [2.05, 4.69) is 37.9 Å². The van der Waals surface area contributed by atoms with Gasteiger partial charge in [-0.1, -0.05) is 0 Å². The van der Waals surface area contributed by atoms with E-state index < -0.39 is 22.0 Å². The van der Waals surface area contributed by atoms with Gasteiger partial charge in [-0.2, -0.15) is 0 Å². The van der Waals surface area contributed by atoms with Gasteiger partial charge in [-0.15, -0.1) is 37.9 Å². The van der Waals surface area contributed by atoms with E-state index in [1.165, 1.54) is 0 Å². The van der Waals surface area contributed by atoms with Crippen molar-refractivity contribution in [3.05, 3.63) is 0 Å². The molecule has 0 amide bonds. The maximum Gasteiger partial charge on any atom is 0.339 e. The van der Waals surface area contributed by atoms with Crippen LogP contribution in [0.1, 0.15) is 0 Å². The number of hydrogen-bond donors (Lipinski definition) is 6. The van der Waals surface area contributed by atoms with Gasteiger partial charge in [0, 0.05) is 0 Å². The fraction of sp³-hybridized carbons (Fsp3) is 0.500. The van der Waals surface area contributed by atoms with Crippen LogP contribution in [0, 0.1) is 0 Å². The Bertz CT molecular complexity index is 163. The smallest absolute Gasteiger partial charge is 0.339 e. The summed E-state index contributed by atoms with van der Waals surface area (Å²) in [7, 11) is 0. The SMILES string of the molecule is O=C(O)C(S)(S)S.O=C(O)CO. The topological polar surface area (TPSA) is 94.8 Å². The van der Waals surface area contributed by atoms with Gasteiger partial charge < -0.3 is 15.3 Å². The number of aliphatic hydroxyl groups excluding tert-OH is 1. The van der Waals surface area contributed by atoms with Crippen LogP contribution in [0.15, 0.2) is 0 Å². The Morgan fingerprint density at radius 1 is 1.17 bits per heavy atom. The van der Waals surface area contributed by atoms with Crippen molar-refractivity contribution in [1.29, 1.82) is 0 Å². The molecule has 12 heavy (non-hydrogen) atoms. The number of carbonyl (C=O) groups is 2. The number of carboxylic acid groups (broad SMARTS) is 2. The quantitative estimate of drug-likeness (QED) is 0.287. The van der Waals surface area contributed by atoms with Gasteiger partial charge in [0.05, 0.1) is 0 Å². The zero-order valence-corrected chi connectivity index (χ0v) is 8.39. The Balaban J connectivity index is 0. The summed E-state index contributed by atoms with van der Waals surface area (Å²) >= 11 is 10.4. The second kappa shape index (κ2) is 6.46. The maximum absolute atomic E-state index is 9.79. The van der Waals surface area contributed by atoms with Gasteiger partial charge in [-0.25, -0.2) is 9.59 Å². The first-order chi connectivity index (χ1) is 5.21. The molecule has 0 radical (unpaired) electrons. The lowest BCUT2D eigenvalue weighted by Gasteiger charge is -2.05. The van der Waals surface area contributed by atoms with E-state index >= 15 is 0 Å². The number of aliphatic carboxylic acids is 2. The lowest BCUT2D eigenvalue weighted by atomic mass is 10.8. The molecule has 0 unspecified atom stereocenters. The van der Waals surface area contributed by atoms with Crippen LogP contribution in [0.3, 0.4) is 0 Å². The molecule has 3 N–H and O–H groups in total. The van der Waals surface area contributed by atoms with Crippen LogP contribution in [-0.4, -0.2) is 37.3 Å². The third-order valence-corrected chi connectivity index (χ3v) is 0.996. The molecule has 0 aliphatic heterocycles. The molecule has 0 heterocycles. The fourth-order valence-corrected chi connectivity index (χ4v) is 0. The normalized spacial score (nSPS) is 9.67. The zero-order chi connectivity index (χ0) is 10.4. The highest BCUT2D eigenvalue weighted by Crippen LogP contribution is 2.23. The Morgan fingerprint density at radius 2 is 1.33 bits per heavy atom. The van der Waals surface area contributed by atoms with E-state index in [1.807, 2.05) is 0 Å². The van der Waals surface area contributed by atoms with Crippen molar-refractivity contribution in [2.45, 2.75) is 3.41 Å². The Labute approximate surface area is 85.0 Å². The first-order valence-corrected chi connectivity index (χ1v) is 3.79. The Hall–Kier alpha value is -0.0500. The van der Waals surface area contributed by atoms with Gasteiger partial charge in [-0.05, 0) is 0 Å². The fourth-order valence-electron chi connectivity index (χ4n) is 0. The highest BCUT2D eigenvalue weighted by atomic mass is 32.2. The Morgan fingerprint density at radius 3 is 1.33 bits per heavy atom. The van der Waals surface area contributed by atoms with Crippen molar-refractivity contribution in [2.24, 2.45) is 0 Å². The average Bonchev–Trinajstić information content (AvgIpc) is 1.87. The molecule has 0 rings (SSSR count). The van der Waals surface area contributed by atoms with Gasteiger partial charge in [0.2, 0.25) is 0 Å². The van der Waals surface area contributed by atoms with Crippen LogP contribution in [-0.2, 0) is 9.59 Å². The third-order valence-electron chi connectivity index (χ3n) is 0.422. The molecule has 0 aliphatic carbocycles. The number of thiol groups is 3. The van der Waals surface area contributed by atoms with Crippen LogP contribution >= 0.6 is 37.9 Å². The first-order valence-electron chi connectivity index (χ1n) is 2.45. The predicted octanol–water partition coefficient (Wildman–Crippen LogP) is -0.423. The van der Waals surface area contributed by atoms with E-state index in [-0.39, 0.29) is 0 Å². The summed E-state index contributed by atoms with van der Waals surface area (Å²) in [5.74, 6) is -2.35. The van der Waals surface area contributed by atoms with Crippen LogP contribution < -0.4 is 0 Å². The minimum absolute atomic E-state index is 0.778. The van der Waals surface area contributed by atoms with Gasteiger partial charge in [0.15, 0.2) is 3.41 Å². The third kappa shape index (κ3) is 12.6. The van der Waals surface area contributed by atoms with Crippen molar-refractivity contribution in [3.8, 4) is 0 Å². The van der Waals surface area contributed by atoms with Gasteiger partial charge in [0.25, 0.3) is 0 Å². The standard InChI is InChI=1S/C2H4O3.C2H4O2S3/c3-1-2(4)5;3-1(4)2(5,6)7/h3H,1H2,(H,4,5);5-7H,(H,3,4). The predicted molar refractivity (Wildman–Crippen MR) is 52.0 cm³/mol. The van der Waals surface area contributed by atoms with Crippen LogP contribution in [0.4, 0.5) is 0 Å². The average molecular weight is 232 g/mol. The lowest BCUT2D eigenvalue weighted by molar-refractivity contribution is -0.140. The minimum Gasteiger partial charge on any atom is -0.480 e. The number of hydrogen-bond acceptors (Lipinski definition) is 6. The van der Waals surface area contributed by atoms with E-state index in [0.717, 1.165) is 0 Å². The zero-order valence-electron chi connectivity index (χ0n) is 5.71. The second-order valence-electron chi connectivity index (χ2n) is 1.49. The maximum atomic E-state index is 9.79. The summed E-state index contributed by atoms with van der Waals surface area (Å²) in [6.45, 7) is -0.778. The number of rotatable bonds is 2. The molecule has 72 valence electrons. The molecule has 0 aromatic rings. The van der Waals surface area contributed by atoms with Crippen molar-refractivity contribution >= 4 is 49.8 Å². The molecule has 0 aromatic carbocycles. The molecule has 0 spiro atoms. The molecule has 5 nitrogen and oxygen atoms in total. The van der Waals surface area contributed by atoms with Gasteiger partial charge in [0.1, 0.15) is 6.61 Å².